The highest BCUT2D eigenvalue weighted by molar-refractivity contribution is 8.21. The van der Waals surface area contributed by atoms with Crippen LogP contribution in [-0.4, -0.2) is 16.9 Å². The van der Waals surface area contributed by atoms with Crippen molar-refractivity contribution in [1.82, 2.24) is 0 Å². The predicted octanol–water partition coefficient (Wildman–Crippen LogP) is 3.27. The molecule has 0 aromatic rings. The molecular formula is C6H9Cl3OS. The fourth-order valence-electron chi connectivity index (χ4n) is 0.715. The lowest BCUT2D eigenvalue weighted by atomic mass is 10.1. The molecule has 0 aromatic heterocycles. The van der Waals surface area contributed by atoms with Gasteiger partial charge in [0, 0.05) is 18.1 Å². The van der Waals surface area contributed by atoms with Gasteiger partial charge in [0.2, 0.25) is 5.24 Å². The first-order chi connectivity index (χ1) is 5.20. The molecule has 0 spiro atoms. The molecule has 11 heavy (non-hydrogen) atoms. The van der Waals surface area contributed by atoms with Gasteiger partial charge >= 0.3 is 0 Å². The highest BCUT2D eigenvalue weighted by Crippen LogP contribution is 2.20. The molecule has 0 bridgehead atoms. The summed E-state index contributed by atoms with van der Waals surface area (Å²) in [5.74, 6) is 1.50. The third kappa shape index (κ3) is 7.26. The third-order valence-corrected chi connectivity index (χ3v) is 2.61. The molecule has 0 N–H and O–H groups in total. The summed E-state index contributed by atoms with van der Waals surface area (Å²) in [7, 11) is 6.63. The Kier molecular flexibility index (Phi) is 8.14. The van der Waals surface area contributed by atoms with Gasteiger partial charge in [-0.3, -0.25) is 4.79 Å². The Hall–Kier alpha value is 0.890. The van der Waals surface area contributed by atoms with Crippen LogP contribution in [0.15, 0.2) is 0 Å². The minimum absolute atomic E-state index is 0.222. The van der Waals surface area contributed by atoms with Crippen LogP contribution in [0, 0.1) is 5.92 Å². The topological polar surface area (TPSA) is 17.1 Å². The number of rotatable bonds is 6. The Morgan fingerprint density at radius 3 is 2.55 bits per heavy atom. The molecule has 1 atom stereocenters. The first kappa shape index (κ1) is 11.9. The molecule has 0 rings (SSSR count). The van der Waals surface area contributed by atoms with Gasteiger partial charge < -0.3 is 0 Å². The van der Waals surface area contributed by atoms with E-state index in [1.165, 1.54) is 11.0 Å². The van der Waals surface area contributed by atoms with Gasteiger partial charge in [-0.1, -0.05) is 11.0 Å². The monoisotopic (exact) mass is 234 g/mol. The quantitative estimate of drug-likeness (QED) is 0.519. The summed E-state index contributed by atoms with van der Waals surface area (Å²) in [6.07, 6.45) is 1.16. The Balaban J connectivity index is 3.59. The van der Waals surface area contributed by atoms with Crippen molar-refractivity contribution in [2.45, 2.75) is 12.8 Å². The summed E-state index contributed by atoms with van der Waals surface area (Å²) in [6, 6.07) is 0. The van der Waals surface area contributed by atoms with Gasteiger partial charge in [-0.15, -0.1) is 11.6 Å². The molecule has 66 valence electrons. The number of halogens is 3. The van der Waals surface area contributed by atoms with Gasteiger partial charge in [-0.25, -0.2) is 0 Å². The molecule has 0 fully saturated rings. The molecular weight excluding hydrogens is 226 g/mol. The summed E-state index contributed by atoms with van der Waals surface area (Å²) in [6.45, 7) is 0. The summed E-state index contributed by atoms with van der Waals surface area (Å²) in [4.78, 5) is 10.5. The lowest BCUT2D eigenvalue weighted by Crippen LogP contribution is -2.07. The van der Waals surface area contributed by atoms with E-state index in [1.54, 1.807) is 0 Å². The van der Waals surface area contributed by atoms with Crippen LogP contribution in [0.1, 0.15) is 12.8 Å². The molecule has 0 aliphatic carbocycles. The molecule has 0 aromatic carbocycles. The van der Waals surface area contributed by atoms with Crippen molar-refractivity contribution in [2.24, 2.45) is 5.92 Å². The van der Waals surface area contributed by atoms with E-state index in [0.717, 1.165) is 12.2 Å². The lowest BCUT2D eigenvalue weighted by Gasteiger charge is -2.09. The average molecular weight is 236 g/mol. The van der Waals surface area contributed by atoms with E-state index >= 15 is 0 Å². The van der Waals surface area contributed by atoms with E-state index in [0.29, 0.717) is 12.3 Å². The van der Waals surface area contributed by atoms with Crippen molar-refractivity contribution in [1.29, 1.82) is 0 Å². The van der Waals surface area contributed by atoms with E-state index in [2.05, 4.69) is 0 Å². The van der Waals surface area contributed by atoms with Crippen molar-refractivity contribution in [3.63, 3.8) is 0 Å². The molecule has 0 aliphatic rings. The fourth-order valence-corrected chi connectivity index (χ4v) is 2.24. The molecule has 0 aliphatic heterocycles. The van der Waals surface area contributed by atoms with Gasteiger partial charge in [0.1, 0.15) is 0 Å². The normalized spacial score (nSPS) is 13.0. The predicted molar refractivity (Wildman–Crippen MR) is 52.6 cm³/mol. The highest BCUT2D eigenvalue weighted by atomic mass is 35.7. The van der Waals surface area contributed by atoms with Gasteiger partial charge in [0.15, 0.2) is 0 Å². The van der Waals surface area contributed by atoms with Crippen LogP contribution in [0.2, 0.25) is 0 Å². The molecule has 0 radical (unpaired) electrons. The van der Waals surface area contributed by atoms with Crippen LogP contribution in [0.3, 0.4) is 0 Å². The average Bonchev–Trinajstić information content (AvgIpc) is 1.87. The zero-order chi connectivity index (χ0) is 8.69. The smallest absolute Gasteiger partial charge is 0.221 e. The van der Waals surface area contributed by atoms with E-state index < -0.39 is 0 Å². The summed E-state index contributed by atoms with van der Waals surface area (Å²) < 4.78 is 0. The second kappa shape index (κ2) is 7.53. The maximum Gasteiger partial charge on any atom is 0.221 e. The van der Waals surface area contributed by atoms with Crippen molar-refractivity contribution in [3.8, 4) is 0 Å². The van der Waals surface area contributed by atoms with Crippen LogP contribution in [0.5, 0.6) is 0 Å². The summed E-state index contributed by atoms with van der Waals surface area (Å²) in [5.41, 5.74) is 0. The molecule has 0 saturated heterocycles. The van der Waals surface area contributed by atoms with Crippen LogP contribution >= 0.6 is 44.9 Å². The molecule has 5 heteroatoms. The Bertz CT molecular complexity index is 114. The van der Waals surface area contributed by atoms with Crippen LogP contribution in [-0.2, 0) is 4.79 Å². The van der Waals surface area contributed by atoms with Crippen LogP contribution in [0.4, 0.5) is 0 Å². The van der Waals surface area contributed by atoms with Gasteiger partial charge in [0.25, 0.3) is 0 Å². The first-order valence-electron chi connectivity index (χ1n) is 3.18. The van der Waals surface area contributed by atoms with Crippen molar-refractivity contribution >= 4 is 50.1 Å². The molecule has 0 heterocycles. The van der Waals surface area contributed by atoms with Crippen molar-refractivity contribution in [3.05, 3.63) is 0 Å². The van der Waals surface area contributed by atoms with E-state index in [1.807, 2.05) is 0 Å². The number of carbonyl (C=O) groups excluding carboxylic acids is 1. The number of carbonyl (C=O) groups is 1. The van der Waals surface area contributed by atoms with E-state index in [-0.39, 0.29) is 11.2 Å². The number of hydrogen-bond acceptors (Lipinski definition) is 2. The van der Waals surface area contributed by atoms with Crippen molar-refractivity contribution < 1.29 is 4.79 Å². The standard InChI is InChI=1S/C6H9Cl3OS/c7-2-1-5(4-11-9)3-6(8)10/h5H,1-4H2. The molecule has 0 amide bonds. The SMILES string of the molecule is O=C(Cl)CC(CCCl)CSCl. The van der Waals surface area contributed by atoms with Gasteiger partial charge in [0.05, 0.1) is 0 Å². The Morgan fingerprint density at radius 1 is 1.55 bits per heavy atom. The first-order valence-corrected chi connectivity index (χ1v) is 5.91. The second-order valence-electron chi connectivity index (χ2n) is 2.18. The molecule has 0 saturated carbocycles. The van der Waals surface area contributed by atoms with Gasteiger partial charge in [-0.2, -0.15) is 0 Å². The minimum atomic E-state index is -0.314. The zero-order valence-corrected chi connectivity index (χ0v) is 8.94. The Labute approximate surface area is 85.3 Å². The highest BCUT2D eigenvalue weighted by Gasteiger charge is 2.11. The lowest BCUT2D eigenvalue weighted by molar-refractivity contribution is -0.112. The third-order valence-electron chi connectivity index (χ3n) is 1.27. The van der Waals surface area contributed by atoms with E-state index in [9.17, 15) is 4.79 Å². The zero-order valence-electron chi connectivity index (χ0n) is 5.86. The minimum Gasteiger partial charge on any atom is -0.281 e. The summed E-state index contributed by atoms with van der Waals surface area (Å²) >= 11 is 10.7. The van der Waals surface area contributed by atoms with E-state index in [4.69, 9.17) is 33.9 Å². The number of alkyl halides is 1. The Morgan fingerprint density at radius 2 is 2.18 bits per heavy atom. The van der Waals surface area contributed by atoms with Gasteiger partial charge in [-0.05, 0) is 34.6 Å². The van der Waals surface area contributed by atoms with Crippen LogP contribution < -0.4 is 0 Å². The fraction of sp³-hybridized carbons (Fsp3) is 0.833. The van der Waals surface area contributed by atoms with Crippen molar-refractivity contribution in [2.75, 3.05) is 11.6 Å². The molecule has 1 unspecified atom stereocenters. The second-order valence-corrected chi connectivity index (χ2v) is 4.18. The maximum absolute atomic E-state index is 10.5. The van der Waals surface area contributed by atoms with Crippen LogP contribution in [0.25, 0.3) is 0 Å². The summed E-state index contributed by atoms with van der Waals surface area (Å²) in [5, 5.41) is -0.314. The number of hydrogen-bond donors (Lipinski definition) is 0. The molecule has 1 nitrogen and oxygen atoms in total. The largest absolute Gasteiger partial charge is 0.281 e. The maximum atomic E-state index is 10.5.